The number of amides is 1. The minimum atomic E-state index is -3.39. The van der Waals surface area contributed by atoms with Gasteiger partial charge in [0.1, 0.15) is 0 Å². The first-order valence-corrected chi connectivity index (χ1v) is 17.7. The van der Waals surface area contributed by atoms with E-state index < -0.39 is 22.2 Å². The maximum Gasteiger partial charge on any atom is 0.251 e. The number of carbonyl (C=O) groups is 1. The van der Waals surface area contributed by atoms with Crippen molar-refractivity contribution in [2.24, 2.45) is 0 Å². The Morgan fingerprint density at radius 2 is 1.65 bits per heavy atom. The normalized spacial score (nSPS) is 17.8. The Morgan fingerprint density at radius 3 is 2.30 bits per heavy atom. The number of benzene rings is 3. The molecule has 43 heavy (non-hydrogen) atoms. The summed E-state index contributed by atoms with van der Waals surface area (Å²) in [6.45, 7) is 1.26. The fourth-order valence-electron chi connectivity index (χ4n) is 5.96. The first kappa shape index (κ1) is 33.9. The van der Waals surface area contributed by atoms with Crippen LogP contribution in [0.2, 0.25) is 0 Å². The molecule has 2 atom stereocenters. The highest BCUT2D eigenvalue weighted by Crippen LogP contribution is 2.37. The summed E-state index contributed by atoms with van der Waals surface area (Å²) < 4.78 is 28.9. The second kappa shape index (κ2) is 15.4. The molecule has 0 spiro atoms. The molecule has 1 saturated carbocycles. The average molecular weight is 756 g/mol. The minimum absolute atomic E-state index is 0. The zero-order valence-electron chi connectivity index (χ0n) is 23.8. The summed E-state index contributed by atoms with van der Waals surface area (Å²) in [7, 11) is -3.39. The molecule has 0 radical (unpaired) electrons. The van der Waals surface area contributed by atoms with Crippen LogP contribution in [0.15, 0.2) is 75.7 Å². The van der Waals surface area contributed by atoms with Crippen LogP contribution in [0.4, 0.5) is 5.69 Å². The number of hydrogen-bond acceptors (Lipinski definition) is 5. The van der Waals surface area contributed by atoms with Crippen molar-refractivity contribution in [3.63, 3.8) is 0 Å². The summed E-state index contributed by atoms with van der Waals surface area (Å²) in [5.74, 6) is 0.121. The SMILES string of the molecule is Cl.O=C(N[C@@H](Cc1ccccc1)[C@H](O)CNCc1cc(Br)cc(Br)c1)c1cc(C2CCCC2)cc(N2CCCS2(=O)=O)c1. The average Bonchev–Trinajstić information content (AvgIpc) is 3.62. The Bertz CT molecular complexity index is 1480. The monoisotopic (exact) mass is 753 g/mol. The van der Waals surface area contributed by atoms with Gasteiger partial charge in [-0.3, -0.25) is 9.10 Å². The van der Waals surface area contributed by atoms with E-state index in [1.165, 1.54) is 4.31 Å². The van der Waals surface area contributed by atoms with Crippen LogP contribution in [-0.4, -0.2) is 50.4 Å². The number of nitrogens with one attached hydrogen (secondary N) is 2. The first-order valence-electron chi connectivity index (χ1n) is 14.5. The molecule has 0 unspecified atom stereocenters. The second-order valence-electron chi connectivity index (χ2n) is 11.3. The highest BCUT2D eigenvalue weighted by atomic mass is 79.9. The van der Waals surface area contributed by atoms with Gasteiger partial charge < -0.3 is 15.7 Å². The van der Waals surface area contributed by atoms with Gasteiger partial charge in [-0.05, 0) is 84.7 Å². The van der Waals surface area contributed by atoms with Crippen LogP contribution in [-0.2, 0) is 23.0 Å². The van der Waals surface area contributed by atoms with E-state index in [2.05, 4.69) is 42.5 Å². The van der Waals surface area contributed by atoms with E-state index in [0.717, 1.165) is 51.3 Å². The summed E-state index contributed by atoms with van der Waals surface area (Å²) >= 11 is 7.02. The third-order valence-electron chi connectivity index (χ3n) is 8.10. The zero-order valence-corrected chi connectivity index (χ0v) is 28.7. The lowest BCUT2D eigenvalue weighted by molar-refractivity contribution is 0.0830. The Labute approximate surface area is 277 Å². The summed E-state index contributed by atoms with van der Waals surface area (Å²) in [5, 5.41) is 17.7. The number of rotatable bonds is 11. The lowest BCUT2D eigenvalue weighted by Crippen LogP contribution is -2.48. The van der Waals surface area contributed by atoms with E-state index in [4.69, 9.17) is 0 Å². The van der Waals surface area contributed by atoms with Crippen molar-refractivity contribution in [1.82, 2.24) is 10.6 Å². The first-order chi connectivity index (χ1) is 20.2. The third kappa shape index (κ3) is 9.05. The van der Waals surface area contributed by atoms with Crippen molar-refractivity contribution in [1.29, 1.82) is 0 Å². The molecule has 2 fully saturated rings. The van der Waals surface area contributed by atoms with Gasteiger partial charge in [-0.1, -0.05) is 75.0 Å². The largest absolute Gasteiger partial charge is 0.390 e. The molecule has 1 aliphatic carbocycles. The number of aliphatic hydroxyl groups excluding tert-OH is 1. The minimum Gasteiger partial charge on any atom is -0.390 e. The smallest absolute Gasteiger partial charge is 0.251 e. The summed E-state index contributed by atoms with van der Waals surface area (Å²) in [4.78, 5) is 13.8. The van der Waals surface area contributed by atoms with Crippen LogP contribution < -0.4 is 14.9 Å². The highest BCUT2D eigenvalue weighted by Gasteiger charge is 2.31. The Kier molecular flexibility index (Phi) is 12.1. The maximum absolute atomic E-state index is 13.8. The Balaban J connectivity index is 0.00000423. The van der Waals surface area contributed by atoms with Gasteiger partial charge >= 0.3 is 0 Å². The van der Waals surface area contributed by atoms with Crippen molar-refractivity contribution < 1.29 is 18.3 Å². The molecule has 3 N–H and O–H groups in total. The molecule has 232 valence electrons. The van der Waals surface area contributed by atoms with E-state index >= 15 is 0 Å². The van der Waals surface area contributed by atoms with Crippen molar-refractivity contribution in [3.05, 3.63) is 97.9 Å². The molecular weight excluding hydrogens is 718 g/mol. The predicted molar refractivity (Wildman–Crippen MR) is 182 cm³/mol. The molecule has 1 aliphatic heterocycles. The zero-order chi connectivity index (χ0) is 29.7. The molecule has 1 heterocycles. The number of sulfonamides is 1. The fourth-order valence-corrected chi connectivity index (χ4v) is 8.89. The molecule has 3 aromatic rings. The van der Waals surface area contributed by atoms with Crippen LogP contribution in [0.1, 0.15) is 65.1 Å². The number of halogens is 3. The summed E-state index contributed by atoms with van der Waals surface area (Å²) in [5.41, 5.74) is 4.05. The predicted octanol–water partition coefficient (Wildman–Crippen LogP) is 6.32. The van der Waals surface area contributed by atoms with Crippen LogP contribution in [0.25, 0.3) is 0 Å². The molecule has 0 aromatic heterocycles. The number of aliphatic hydroxyl groups is 1. The molecule has 5 rings (SSSR count). The molecular formula is C32H38Br2ClN3O4S. The topological polar surface area (TPSA) is 98.7 Å². The summed E-state index contributed by atoms with van der Waals surface area (Å²) in [6.07, 6.45) is 4.50. The Morgan fingerprint density at radius 1 is 0.953 bits per heavy atom. The lowest BCUT2D eigenvalue weighted by Gasteiger charge is -2.26. The van der Waals surface area contributed by atoms with Gasteiger partial charge in [-0.25, -0.2) is 8.42 Å². The van der Waals surface area contributed by atoms with Crippen LogP contribution in [0.5, 0.6) is 0 Å². The van der Waals surface area contributed by atoms with Gasteiger partial charge in [0.25, 0.3) is 5.91 Å². The number of anilines is 1. The van der Waals surface area contributed by atoms with E-state index in [0.29, 0.717) is 43.1 Å². The van der Waals surface area contributed by atoms with Crippen molar-refractivity contribution in [2.75, 3.05) is 23.1 Å². The lowest BCUT2D eigenvalue weighted by atomic mass is 9.94. The van der Waals surface area contributed by atoms with Gasteiger partial charge in [0.05, 0.1) is 23.6 Å². The van der Waals surface area contributed by atoms with Gasteiger partial charge in [-0.15, -0.1) is 12.4 Å². The molecule has 1 saturated heterocycles. The number of carbonyl (C=O) groups excluding carboxylic acids is 1. The third-order valence-corrected chi connectivity index (χ3v) is 10.9. The van der Waals surface area contributed by atoms with Crippen LogP contribution in [0.3, 0.4) is 0 Å². The van der Waals surface area contributed by atoms with Gasteiger partial charge in [0.2, 0.25) is 10.0 Å². The number of nitrogens with zero attached hydrogens (tertiary/aromatic N) is 1. The molecule has 2 aliphatic rings. The van der Waals surface area contributed by atoms with E-state index in [-0.39, 0.29) is 30.6 Å². The van der Waals surface area contributed by atoms with Gasteiger partial charge in [0.15, 0.2) is 0 Å². The highest BCUT2D eigenvalue weighted by molar-refractivity contribution is 9.11. The second-order valence-corrected chi connectivity index (χ2v) is 15.1. The molecule has 7 nitrogen and oxygen atoms in total. The molecule has 0 bridgehead atoms. The van der Waals surface area contributed by atoms with Gasteiger partial charge in [-0.2, -0.15) is 0 Å². The van der Waals surface area contributed by atoms with Crippen molar-refractivity contribution >= 4 is 65.9 Å². The van der Waals surface area contributed by atoms with Gasteiger partial charge in [0, 0.05) is 34.1 Å². The van der Waals surface area contributed by atoms with E-state index in [1.807, 2.05) is 60.7 Å². The molecule has 1 amide bonds. The van der Waals surface area contributed by atoms with E-state index in [1.54, 1.807) is 6.07 Å². The molecule has 3 aromatic carbocycles. The maximum atomic E-state index is 13.8. The standard InChI is InChI=1S/C32H37Br2N3O4S.ClH/c33-27-13-23(14-28(34)19-27)20-35-21-31(38)30(15-22-7-2-1-3-8-22)36-32(39)26-16-25(24-9-4-5-10-24)17-29(18-26)37-11-6-12-42(37,40)41;/h1-3,7-8,13-14,16-19,24,30-31,35,38H,4-6,9-12,15,20-21H2,(H,36,39);1H/t30-,31+;/m0./s1. The molecule has 11 heteroatoms. The van der Waals surface area contributed by atoms with Crippen LogP contribution in [0, 0.1) is 0 Å². The van der Waals surface area contributed by atoms with E-state index in [9.17, 15) is 18.3 Å². The number of hydrogen-bond donors (Lipinski definition) is 3. The summed E-state index contributed by atoms with van der Waals surface area (Å²) in [6, 6.07) is 20.8. The van der Waals surface area contributed by atoms with Crippen LogP contribution >= 0.6 is 44.3 Å². The van der Waals surface area contributed by atoms with Crippen molar-refractivity contribution in [2.45, 2.75) is 63.1 Å². The Hall–Kier alpha value is -1.95. The quantitative estimate of drug-likeness (QED) is 0.213. The van der Waals surface area contributed by atoms with Crippen molar-refractivity contribution in [3.8, 4) is 0 Å². The fraction of sp³-hybridized carbons (Fsp3) is 0.406.